The summed E-state index contributed by atoms with van der Waals surface area (Å²) >= 11 is 6.00. The Morgan fingerprint density at radius 2 is 1.65 bits per heavy atom. The highest BCUT2D eigenvalue weighted by Crippen LogP contribution is 2.43. The highest BCUT2D eigenvalue weighted by molar-refractivity contribution is 6.51. The number of nitrogens with zero attached hydrogens (tertiary/aromatic N) is 1. The van der Waals surface area contributed by atoms with E-state index in [4.69, 9.17) is 11.6 Å². The van der Waals surface area contributed by atoms with E-state index < -0.39 is 35.6 Å². The average molecular weight is 490 g/mol. The molecule has 1 amide bonds. The quantitative estimate of drug-likeness (QED) is 0.284. The van der Waals surface area contributed by atoms with E-state index in [2.05, 4.69) is 4.74 Å². The smallest absolute Gasteiger partial charge is 0.508 e. The molecule has 2 N–H and O–H groups in total. The Kier molecular flexibility index (Phi) is 5.97. The minimum atomic E-state index is -4.96. The number of hydrogen-bond acceptors (Lipinski definition) is 5. The zero-order chi connectivity index (χ0) is 24.6. The van der Waals surface area contributed by atoms with Crippen LogP contribution in [-0.4, -0.2) is 28.3 Å². The van der Waals surface area contributed by atoms with Crippen LogP contribution in [0.15, 0.2) is 78.4 Å². The number of anilines is 1. The second-order valence-corrected chi connectivity index (χ2v) is 7.75. The summed E-state index contributed by atoms with van der Waals surface area (Å²) in [5, 5.41) is 20.9. The van der Waals surface area contributed by atoms with E-state index in [1.165, 1.54) is 48.5 Å². The number of ketones is 1. The van der Waals surface area contributed by atoms with E-state index in [-0.39, 0.29) is 27.6 Å². The van der Waals surface area contributed by atoms with E-state index in [9.17, 15) is 33.0 Å². The fourth-order valence-electron chi connectivity index (χ4n) is 3.69. The van der Waals surface area contributed by atoms with Crippen LogP contribution in [0.5, 0.6) is 11.5 Å². The molecule has 1 aliphatic heterocycles. The number of benzene rings is 3. The lowest BCUT2D eigenvalue weighted by molar-refractivity contribution is -0.274. The van der Waals surface area contributed by atoms with Gasteiger partial charge < -0.3 is 14.9 Å². The molecule has 0 bridgehead atoms. The molecule has 1 atom stereocenters. The number of carbonyl (C=O) groups excluding carboxylic acids is 2. The SMILES string of the molecule is O=C1C(=O)N(c2cccc(OC(F)(F)F)c2)C(c2ccc(O)cc2)/C1=C(\O)c1cccc(Cl)c1. The molecule has 6 nitrogen and oxygen atoms in total. The summed E-state index contributed by atoms with van der Waals surface area (Å²) in [7, 11) is 0. The maximum atomic E-state index is 13.1. The molecule has 34 heavy (non-hydrogen) atoms. The maximum Gasteiger partial charge on any atom is 0.573 e. The predicted molar refractivity (Wildman–Crippen MR) is 117 cm³/mol. The number of phenols is 1. The lowest BCUT2D eigenvalue weighted by Crippen LogP contribution is -2.29. The van der Waals surface area contributed by atoms with Gasteiger partial charge in [-0.15, -0.1) is 13.2 Å². The number of amides is 1. The van der Waals surface area contributed by atoms with Gasteiger partial charge in [0.25, 0.3) is 11.7 Å². The third kappa shape index (κ3) is 4.55. The summed E-state index contributed by atoms with van der Waals surface area (Å²) in [6.45, 7) is 0. The molecule has 10 heteroatoms. The molecule has 1 heterocycles. The minimum absolute atomic E-state index is 0.0629. The van der Waals surface area contributed by atoms with Crippen LogP contribution in [-0.2, 0) is 9.59 Å². The van der Waals surface area contributed by atoms with Crippen LogP contribution in [0.25, 0.3) is 5.76 Å². The first-order chi connectivity index (χ1) is 16.0. The normalized spacial score (nSPS) is 17.8. The summed E-state index contributed by atoms with van der Waals surface area (Å²) in [6.07, 6.45) is -4.96. The molecule has 1 fully saturated rings. The highest BCUT2D eigenvalue weighted by Gasteiger charge is 2.47. The van der Waals surface area contributed by atoms with Crippen LogP contribution in [0.2, 0.25) is 5.02 Å². The van der Waals surface area contributed by atoms with E-state index in [0.29, 0.717) is 5.56 Å². The predicted octanol–water partition coefficient (Wildman–Crippen LogP) is 5.57. The molecule has 174 valence electrons. The number of carbonyl (C=O) groups is 2. The number of aliphatic hydroxyl groups excluding tert-OH is 1. The molecule has 1 unspecified atom stereocenters. The number of aliphatic hydroxyl groups is 1. The summed E-state index contributed by atoms with van der Waals surface area (Å²) in [4.78, 5) is 27.1. The zero-order valence-corrected chi connectivity index (χ0v) is 17.8. The molecule has 1 aliphatic rings. The van der Waals surface area contributed by atoms with Gasteiger partial charge in [-0.25, -0.2) is 0 Å². The molecular formula is C24H15ClF3NO5. The van der Waals surface area contributed by atoms with E-state index in [1.807, 2.05) is 0 Å². The second kappa shape index (κ2) is 8.75. The largest absolute Gasteiger partial charge is 0.573 e. The van der Waals surface area contributed by atoms with Crippen molar-refractivity contribution in [3.05, 3.63) is 94.5 Å². The molecule has 3 aromatic carbocycles. The Hall–Kier alpha value is -3.98. The van der Waals surface area contributed by atoms with E-state index in [0.717, 1.165) is 17.0 Å². The van der Waals surface area contributed by atoms with Crippen molar-refractivity contribution < 1.29 is 37.7 Å². The summed E-state index contributed by atoms with van der Waals surface area (Å²) in [6, 6.07) is 14.9. The number of alkyl halides is 3. The van der Waals surface area contributed by atoms with Crippen molar-refractivity contribution in [3.63, 3.8) is 0 Å². The Balaban J connectivity index is 1.90. The third-order valence-electron chi connectivity index (χ3n) is 5.08. The van der Waals surface area contributed by atoms with Gasteiger partial charge in [0.2, 0.25) is 0 Å². The van der Waals surface area contributed by atoms with E-state index in [1.54, 1.807) is 12.1 Å². The van der Waals surface area contributed by atoms with Gasteiger partial charge in [-0.2, -0.15) is 0 Å². The monoisotopic (exact) mass is 489 g/mol. The third-order valence-corrected chi connectivity index (χ3v) is 5.32. The Morgan fingerprint density at radius 3 is 2.29 bits per heavy atom. The van der Waals surface area contributed by atoms with Crippen molar-refractivity contribution in [3.8, 4) is 11.5 Å². The molecule has 0 saturated carbocycles. The van der Waals surface area contributed by atoms with Gasteiger partial charge >= 0.3 is 6.36 Å². The minimum Gasteiger partial charge on any atom is -0.508 e. The van der Waals surface area contributed by atoms with Crippen LogP contribution in [0, 0.1) is 0 Å². The average Bonchev–Trinajstić information content (AvgIpc) is 3.03. The van der Waals surface area contributed by atoms with Crippen molar-refractivity contribution in [2.45, 2.75) is 12.4 Å². The van der Waals surface area contributed by atoms with Crippen molar-refractivity contribution in [1.82, 2.24) is 0 Å². The standard InChI is InChI=1S/C24H15ClF3NO5/c25-15-4-1-3-14(11-15)21(31)19-20(13-7-9-17(30)10-8-13)29(23(33)22(19)32)16-5-2-6-18(12-16)34-24(26,27)28/h1-12,20,30-31H/b21-19+. The van der Waals surface area contributed by atoms with Crippen LogP contribution in [0.4, 0.5) is 18.9 Å². The topological polar surface area (TPSA) is 87.1 Å². The maximum absolute atomic E-state index is 13.1. The van der Waals surface area contributed by atoms with Crippen molar-refractivity contribution in [1.29, 1.82) is 0 Å². The van der Waals surface area contributed by atoms with Gasteiger partial charge in [-0.05, 0) is 42.0 Å². The van der Waals surface area contributed by atoms with Crippen molar-refractivity contribution in [2.75, 3.05) is 4.90 Å². The first-order valence-electron chi connectivity index (χ1n) is 9.77. The number of Topliss-reactive ketones (excluding diaryl/α,β-unsaturated/α-hetero) is 1. The lowest BCUT2D eigenvalue weighted by atomic mass is 9.95. The van der Waals surface area contributed by atoms with Crippen LogP contribution in [0.3, 0.4) is 0 Å². The van der Waals surface area contributed by atoms with Crippen LogP contribution >= 0.6 is 11.6 Å². The number of aromatic hydroxyl groups is 1. The van der Waals surface area contributed by atoms with Gasteiger partial charge in [-0.1, -0.05) is 41.9 Å². The number of halogens is 4. The molecule has 0 spiro atoms. The van der Waals surface area contributed by atoms with Crippen LogP contribution in [0.1, 0.15) is 17.2 Å². The number of rotatable bonds is 4. The fourth-order valence-corrected chi connectivity index (χ4v) is 3.88. The molecule has 3 aromatic rings. The summed E-state index contributed by atoms with van der Waals surface area (Å²) in [5.74, 6) is -3.30. The molecule has 0 aromatic heterocycles. The van der Waals surface area contributed by atoms with Gasteiger partial charge in [0.1, 0.15) is 17.3 Å². The molecular weight excluding hydrogens is 475 g/mol. The van der Waals surface area contributed by atoms with Gasteiger partial charge in [0.05, 0.1) is 11.6 Å². The molecule has 4 rings (SSSR count). The first-order valence-corrected chi connectivity index (χ1v) is 10.1. The fraction of sp³-hybridized carbons (Fsp3) is 0.0833. The lowest BCUT2D eigenvalue weighted by Gasteiger charge is -2.26. The summed E-state index contributed by atoms with van der Waals surface area (Å²) in [5.41, 5.74) is 0.137. The zero-order valence-electron chi connectivity index (χ0n) is 17.1. The molecule has 0 radical (unpaired) electrons. The second-order valence-electron chi connectivity index (χ2n) is 7.32. The van der Waals surface area contributed by atoms with Gasteiger partial charge in [0, 0.05) is 22.3 Å². The van der Waals surface area contributed by atoms with E-state index >= 15 is 0 Å². The van der Waals surface area contributed by atoms with Crippen molar-refractivity contribution in [2.24, 2.45) is 0 Å². The van der Waals surface area contributed by atoms with Gasteiger partial charge in [0.15, 0.2) is 0 Å². The van der Waals surface area contributed by atoms with Crippen LogP contribution < -0.4 is 9.64 Å². The van der Waals surface area contributed by atoms with Crippen molar-refractivity contribution >= 4 is 34.7 Å². The number of hydrogen-bond donors (Lipinski definition) is 2. The Labute approximate surface area is 196 Å². The Bertz CT molecular complexity index is 1300. The highest BCUT2D eigenvalue weighted by atomic mass is 35.5. The number of ether oxygens (including phenoxy) is 1. The number of phenolic OH excluding ortho intramolecular Hbond substituents is 1. The summed E-state index contributed by atoms with van der Waals surface area (Å²) < 4.78 is 42.1. The Morgan fingerprint density at radius 1 is 0.971 bits per heavy atom. The van der Waals surface area contributed by atoms with Gasteiger partial charge in [-0.3, -0.25) is 14.5 Å². The first kappa shape index (κ1) is 23.2. The molecule has 0 aliphatic carbocycles. The molecule has 1 saturated heterocycles.